The molecule has 3 heteroatoms. The third-order valence-corrected chi connectivity index (χ3v) is 4.24. The van der Waals surface area contributed by atoms with Crippen LogP contribution in [0.25, 0.3) is 0 Å². The molecule has 3 nitrogen and oxygen atoms in total. The Bertz CT molecular complexity index is 433. The molecule has 1 N–H and O–H groups in total. The number of hydrogen-bond donors (Lipinski definition) is 1. The molecule has 0 spiro atoms. The minimum absolute atomic E-state index is 0.302. The molecule has 0 aromatic heterocycles. The Kier molecular flexibility index (Phi) is 6.52. The second-order valence-corrected chi connectivity index (χ2v) is 5.92. The first-order valence-electron chi connectivity index (χ1n) is 8.27. The van der Waals surface area contributed by atoms with Gasteiger partial charge in [-0.15, -0.1) is 0 Å². The Labute approximate surface area is 129 Å². The van der Waals surface area contributed by atoms with Crippen LogP contribution in [-0.2, 0) is 11.2 Å². The fourth-order valence-electron chi connectivity index (χ4n) is 2.89. The van der Waals surface area contributed by atoms with Crippen LogP contribution in [0.2, 0.25) is 0 Å². The summed E-state index contributed by atoms with van der Waals surface area (Å²) in [5.41, 5.74) is 2.69. The van der Waals surface area contributed by atoms with Crippen LogP contribution in [-0.4, -0.2) is 26.4 Å². The van der Waals surface area contributed by atoms with Crippen LogP contribution < -0.4 is 10.1 Å². The van der Waals surface area contributed by atoms with Crippen molar-refractivity contribution in [3.8, 4) is 5.75 Å². The lowest BCUT2D eigenvalue weighted by Crippen LogP contribution is -2.25. The minimum Gasteiger partial charge on any atom is -0.493 e. The van der Waals surface area contributed by atoms with Gasteiger partial charge in [0.1, 0.15) is 5.75 Å². The maximum Gasteiger partial charge on any atom is 0.127 e. The van der Waals surface area contributed by atoms with Gasteiger partial charge in [0.15, 0.2) is 0 Å². The standard InChI is InChI=1S/C18H29NO2/c1-4-12-19-17(11-10-14(2)20-3)16-9-5-7-15-8-6-13-21-18(15)16/h5,7,9,14,17,19H,4,6,8,10-13H2,1-3H3. The summed E-state index contributed by atoms with van der Waals surface area (Å²) in [6.07, 6.45) is 5.85. The van der Waals surface area contributed by atoms with Crippen molar-refractivity contribution < 1.29 is 9.47 Å². The zero-order valence-electron chi connectivity index (χ0n) is 13.7. The van der Waals surface area contributed by atoms with Crippen molar-refractivity contribution in [3.05, 3.63) is 29.3 Å². The summed E-state index contributed by atoms with van der Waals surface area (Å²) in [6.45, 7) is 6.22. The van der Waals surface area contributed by atoms with Crippen molar-refractivity contribution in [3.63, 3.8) is 0 Å². The average Bonchev–Trinajstić information content (AvgIpc) is 2.54. The highest BCUT2D eigenvalue weighted by atomic mass is 16.5. The van der Waals surface area contributed by atoms with Crippen LogP contribution in [0.15, 0.2) is 18.2 Å². The molecule has 0 radical (unpaired) electrons. The smallest absolute Gasteiger partial charge is 0.127 e. The first-order valence-corrected chi connectivity index (χ1v) is 8.27. The van der Waals surface area contributed by atoms with Gasteiger partial charge in [0.2, 0.25) is 0 Å². The van der Waals surface area contributed by atoms with E-state index in [0.717, 1.165) is 51.0 Å². The molecule has 0 aliphatic carbocycles. The molecular weight excluding hydrogens is 262 g/mol. The van der Waals surface area contributed by atoms with Crippen LogP contribution >= 0.6 is 0 Å². The van der Waals surface area contributed by atoms with Crippen LogP contribution in [0.4, 0.5) is 0 Å². The highest BCUT2D eigenvalue weighted by Gasteiger charge is 2.21. The minimum atomic E-state index is 0.302. The Balaban J connectivity index is 2.15. The summed E-state index contributed by atoms with van der Waals surface area (Å²) in [5.74, 6) is 1.13. The lowest BCUT2D eigenvalue weighted by Gasteiger charge is -2.26. The van der Waals surface area contributed by atoms with E-state index < -0.39 is 0 Å². The maximum atomic E-state index is 5.98. The zero-order chi connectivity index (χ0) is 15.1. The SMILES string of the molecule is CCCNC(CCC(C)OC)c1cccc2c1OCCC2. The van der Waals surface area contributed by atoms with Gasteiger partial charge in [-0.05, 0) is 51.1 Å². The van der Waals surface area contributed by atoms with E-state index in [-0.39, 0.29) is 0 Å². The van der Waals surface area contributed by atoms with Crippen molar-refractivity contribution in [1.29, 1.82) is 0 Å². The number of nitrogens with one attached hydrogen (secondary N) is 1. The Hall–Kier alpha value is -1.06. The molecule has 1 aliphatic rings. The van der Waals surface area contributed by atoms with Crippen molar-refractivity contribution >= 4 is 0 Å². The van der Waals surface area contributed by atoms with Crippen molar-refractivity contribution in [2.45, 2.75) is 58.1 Å². The highest BCUT2D eigenvalue weighted by molar-refractivity contribution is 5.44. The highest BCUT2D eigenvalue weighted by Crippen LogP contribution is 2.34. The zero-order valence-corrected chi connectivity index (χ0v) is 13.7. The number of para-hydroxylation sites is 1. The predicted molar refractivity (Wildman–Crippen MR) is 87.0 cm³/mol. The predicted octanol–water partition coefficient (Wildman–Crippen LogP) is 3.87. The Morgan fingerprint density at radius 2 is 2.19 bits per heavy atom. The number of methoxy groups -OCH3 is 1. The van der Waals surface area contributed by atoms with E-state index in [2.05, 4.69) is 37.4 Å². The first-order chi connectivity index (χ1) is 10.3. The molecule has 0 saturated heterocycles. The normalized spacial score (nSPS) is 16.9. The summed E-state index contributed by atoms with van der Waals surface area (Å²) < 4.78 is 11.4. The van der Waals surface area contributed by atoms with Gasteiger partial charge in [0, 0.05) is 18.7 Å². The fraction of sp³-hybridized carbons (Fsp3) is 0.667. The molecule has 2 atom stereocenters. The van der Waals surface area contributed by atoms with E-state index in [1.54, 1.807) is 7.11 Å². The molecule has 118 valence electrons. The molecule has 0 amide bonds. The maximum absolute atomic E-state index is 5.98. The van der Waals surface area contributed by atoms with Crippen molar-refractivity contribution in [2.24, 2.45) is 0 Å². The molecule has 1 aromatic rings. The number of fused-ring (bicyclic) bond motifs is 1. The number of hydrogen-bond acceptors (Lipinski definition) is 3. The molecule has 0 saturated carbocycles. The summed E-state index contributed by atoms with van der Waals surface area (Å²) in [5, 5.41) is 3.68. The van der Waals surface area contributed by atoms with Crippen LogP contribution in [0.3, 0.4) is 0 Å². The second kappa shape index (κ2) is 8.40. The topological polar surface area (TPSA) is 30.5 Å². The van der Waals surface area contributed by atoms with E-state index in [1.807, 2.05) is 0 Å². The number of benzene rings is 1. The van der Waals surface area contributed by atoms with Gasteiger partial charge >= 0.3 is 0 Å². The van der Waals surface area contributed by atoms with Gasteiger partial charge < -0.3 is 14.8 Å². The molecule has 1 heterocycles. The molecule has 21 heavy (non-hydrogen) atoms. The molecular formula is C18H29NO2. The third kappa shape index (κ3) is 4.45. The van der Waals surface area contributed by atoms with Crippen molar-refractivity contribution in [1.82, 2.24) is 5.32 Å². The Morgan fingerprint density at radius 1 is 1.33 bits per heavy atom. The van der Waals surface area contributed by atoms with Gasteiger partial charge in [-0.1, -0.05) is 25.1 Å². The molecule has 0 bridgehead atoms. The van der Waals surface area contributed by atoms with Gasteiger partial charge in [-0.25, -0.2) is 0 Å². The third-order valence-electron chi connectivity index (χ3n) is 4.24. The van der Waals surface area contributed by atoms with E-state index in [0.29, 0.717) is 12.1 Å². The van der Waals surface area contributed by atoms with Gasteiger partial charge in [0.05, 0.1) is 12.7 Å². The van der Waals surface area contributed by atoms with E-state index >= 15 is 0 Å². The Morgan fingerprint density at radius 3 is 2.95 bits per heavy atom. The van der Waals surface area contributed by atoms with Crippen molar-refractivity contribution in [2.75, 3.05) is 20.3 Å². The number of ether oxygens (including phenoxy) is 2. The lowest BCUT2D eigenvalue weighted by atomic mass is 9.94. The second-order valence-electron chi connectivity index (χ2n) is 5.92. The van der Waals surface area contributed by atoms with E-state index in [4.69, 9.17) is 9.47 Å². The summed E-state index contributed by atoms with van der Waals surface area (Å²) in [4.78, 5) is 0. The monoisotopic (exact) mass is 291 g/mol. The summed E-state index contributed by atoms with van der Waals surface area (Å²) >= 11 is 0. The summed E-state index contributed by atoms with van der Waals surface area (Å²) in [6, 6.07) is 6.95. The lowest BCUT2D eigenvalue weighted by molar-refractivity contribution is 0.106. The van der Waals surface area contributed by atoms with Gasteiger partial charge in [0.25, 0.3) is 0 Å². The van der Waals surface area contributed by atoms with E-state index in [9.17, 15) is 0 Å². The van der Waals surface area contributed by atoms with Crippen LogP contribution in [0.5, 0.6) is 5.75 Å². The van der Waals surface area contributed by atoms with E-state index in [1.165, 1.54) is 11.1 Å². The van der Waals surface area contributed by atoms with Gasteiger partial charge in [-0.2, -0.15) is 0 Å². The number of aryl methyl sites for hydroxylation is 1. The molecule has 1 aromatic carbocycles. The molecule has 0 fully saturated rings. The number of rotatable bonds is 8. The first kappa shape index (κ1) is 16.3. The quantitative estimate of drug-likeness (QED) is 0.788. The molecule has 2 rings (SSSR count). The molecule has 2 unspecified atom stereocenters. The van der Waals surface area contributed by atoms with Gasteiger partial charge in [-0.3, -0.25) is 0 Å². The van der Waals surface area contributed by atoms with Crippen LogP contribution in [0, 0.1) is 0 Å². The largest absolute Gasteiger partial charge is 0.493 e. The van der Waals surface area contributed by atoms with Crippen LogP contribution in [0.1, 0.15) is 56.7 Å². The fourth-order valence-corrected chi connectivity index (χ4v) is 2.89. The summed E-state index contributed by atoms with van der Waals surface area (Å²) in [7, 11) is 1.78. The average molecular weight is 291 g/mol. The molecule has 1 aliphatic heterocycles.